The van der Waals surface area contributed by atoms with Crippen LogP contribution in [0.2, 0.25) is 10.0 Å². The molecule has 1 amide bonds. The van der Waals surface area contributed by atoms with E-state index in [0.717, 1.165) is 16.1 Å². The number of nitrogens with one attached hydrogen (secondary N) is 1. The summed E-state index contributed by atoms with van der Waals surface area (Å²) in [6.07, 6.45) is 1.59. The molecular weight excluding hydrogens is 383 g/mol. The topological polar surface area (TPSA) is 66.5 Å². The molecule has 0 bridgehead atoms. The summed E-state index contributed by atoms with van der Waals surface area (Å²) in [4.78, 5) is 12.2. The first kappa shape index (κ1) is 19.7. The van der Waals surface area contributed by atoms with Crippen molar-refractivity contribution in [3.63, 3.8) is 0 Å². The molecule has 1 N–H and O–H groups in total. The van der Waals surface area contributed by atoms with E-state index in [1.165, 1.54) is 6.07 Å². The van der Waals surface area contributed by atoms with Crippen LogP contribution in [-0.2, 0) is 21.2 Å². The molecule has 2 aromatic carbocycles. The zero-order valence-corrected chi connectivity index (χ0v) is 15.9. The number of benzene rings is 2. The zero-order chi connectivity index (χ0) is 18.4. The largest absolute Gasteiger partial charge is 0.324 e. The molecule has 2 aromatic rings. The first-order valence-electron chi connectivity index (χ1n) is 7.49. The van der Waals surface area contributed by atoms with Crippen molar-refractivity contribution in [3.05, 3.63) is 64.1 Å². The van der Waals surface area contributed by atoms with Crippen LogP contribution in [0.4, 0.5) is 5.69 Å². The fourth-order valence-electron chi connectivity index (χ4n) is 2.20. The first-order chi connectivity index (χ1) is 11.8. The molecule has 5 nitrogen and oxygen atoms in total. The second-order valence-electron chi connectivity index (χ2n) is 5.50. The Kier molecular flexibility index (Phi) is 6.84. The highest BCUT2D eigenvalue weighted by Crippen LogP contribution is 2.25. The molecule has 0 spiro atoms. The van der Waals surface area contributed by atoms with Crippen LogP contribution in [0.15, 0.2) is 48.5 Å². The molecule has 2 rings (SSSR count). The van der Waals surface area contributed by atoms with Gasteiger partial charge in [0.05, 0.1) is 23.5 Å². The molecular formula is C17H18Cl2N2O3S. The maximum atomic E-state index is 12.2. The van der Waals surface area contributed by atoms with Crippen LogP contribution in [0.3, 0.4) is 0 Å². The standard InChI is InChI=1S/C17H18Cl2N2O3S/c1-25(23,24)21(10-9-13-5-3-2-4-6-13)12-17(22)20-16-11-14(18)7-8-15(16)19/h2-8,11H,9-10,12H2,1H3,(H,20,22). The Balaban J connectivity index is 2.04. The molecule has 0 atom stereocenters. The van der Waals surface area contributed by atoms with Gasteiger partial charge in [0.2, 0.25) is 15.9 Å². The van der Waals surface area contributed by atoms with Crippen molar-refractivity contribution in [1.82, 2.24) is 4.31 Å². The summed E-state index contributed by atoms with van der Waals surface area (Å²) < 4.78 is 25.1. The Morgan fingerprint density at radius 2 is 1.80 bits per heavy atom. The zero-order valence-electron chi connectivity index (χ0n) is 13.6. The molecule has 0 aliphatic rings. The van der Waals surface area contributed by atoms with Crippen molar-refractivity contribution in [3.8, 4) is 0 Å². The number of hydrogen-bond donors (Lipinski definition) is 1. The average Bonchev–Trinajstić information content (AvgIpc) is 2.55. The molecule has 0 saturated carbocycles. The van der Waals surface area contributed by atoms with E-state index in [2.05, 4.69) is 5.32 Å². The minimum absolute atomic E-state index is 0.208. The van der Waals surface area contributed by atoms with Crippen LogP contribution < -0.4 is 5.32 Å². The molecule has 0 aliphatic carbocycles. The smallest absolute Gasteiger partial charge is 0.239 e. The van der Waals surface area contributed by atoms with Crippen molar-refractivity contribution in [2.75, 3.05) is 24.7 Å². The second kappa shape index (κ2) is 8.67. The van der Waals surface area contributed by atoms with Crippen molar-refractivity contribution in [2.24, 2.45) is 0 Å². The van der Waals surface area contributed by atoms with Crippen LogP contribution in [0.25, 0.3) is 0 Å². The van der Waals surface area contributed by atoms with E-state index in [1.807, 2.05) is 30.3 Å². The normalized spacial score (nSPS) is 11.5. The number of halogens is 2. The van der Waals surface area contributed by atoms with E-state index < -0.39 is 15.9 Å². The van der Waals surface area contributed by atoms with Crippen LogP contribution in [0.5, 0.6) is 0 Å². The molecule has 0 aromatic heterocycles. The van der Waals surface area contributed by atoms with Gasteiger partial charge in [0.15, 0.2) is 0 Å². The first-order valence-corrected chi connectivity index (χ1v) is 10.1. The summed E-state index contributed by atoms with van der Waals surface area (Å²) in [7, 11) is -3.53. The average molecular weight is 401 g/mol. The van der Waals surface area contributed by atoms with Gasteiger partial charge < -0.3 is 5.32 Å². The van der Waals surface area contributed by atoms with E-state index in [9.17, 15) is 13.2 Å². The van der Waals surface area contributed by atoms with Gasteiger partial charge in [0.25, 0.3) is 0 Å². The lowest BCUT2D eigenvalue weighted by Crippen LogP contribution is -2.38. The van der Waals surface area contributed by atoms with Gasteiger partial charge in [-0.3, -0.25) is 4.79 Å². The van der Waals surface area contributed by atoms with E-state index in [1.54, 1.807) is 12.1 Å². The summed E-state index contributed by atoms with van der Waals surface area (Å²) in [6.45, 7) is -0.0892. The molecule has 0 saturated heterocycles. The maximum absolute atomic E-state index is 12.2. The van der Waals surface area contributed by atoms with Gasteiger partial charge in [-0.05, 0) is 30.2 Å². The highest BCUT2D eigenvalue weighted by molar-refractivity contribution is 7.88. The van der Waals surface area contributed by atoms with Gasteiger partial charge in [-0.2, -0.15) is 4.31 Å². The third-order valence-corrected chi connectivity index (χ3v) is 5.30. The van der Waals surface area contributed by atoms with Gasteiger partial charge in [-0.25, -0.2) is 8.42 Å². The minimum Gasteiger partial charge on any atom is -0.324 e. The van der Waals surface area contributed by atoms with Crippen LogP contribution >= 0.6 is 23.2 Å². The third kappa shape index (κ3) is 6.32. The van der Waals surface area contributed by atoms with E-state index in [4.69, 9.17) is 23.2 Å². The Morgan fingerprint density at radius 3 is 2.44 bits per heavy atom. The quantitative estimate of drug-likeness (QED) is 0.773. The number of carbonyl (C=O) groups excluding carboxylic acids is 1. The fraction of sp³-hybridized carbons (Fsp3) is 0.235. The monoisotopic (exact) mass is 400 g/mol. The molecule has 0 aliphatic heterocycles. The number of sulfonamides is 1. The lowest BCUT2D eigenvalue weighted by atomic mass is 10.1. The van der Waals surface area contributed by atoms with Gasteiger partial charge in [0, 0.05) is 11.6 Å². The molecule has 0 unspecified atom stereocenters. The number of amides is 1. The van der Waals surface area contributed by atoms with Gasteiger partial charge in [-0.1, -0.05) is 53.5 Å². The van der Waals surface area contributed by atoms with Gasteiger partial charge in [-0.15, -0.1) is 0 Å². The van der Waals surface area contributed by atoms with E-state index >= 15 is 0 Å². The van der Waals surface area contributed by atoms with Crippen LogP contribution in [0.1, 0.15) is 5.56 Å². The maximum Gasteiger partial charge on any atom is 0.239 e. The molecule has 0 radical (unpaired) electrons. The Hall–Kier alpha value is -1.60. The van der Waals surface area contributed by atoms with Gasteiger partial charge >= 0.3 is 0 Å². The van der Waals surface area contributed by atoms with Crippen LogP contribution in [-0.4, -0.2) is 38.0 Å². The summed E-state index contributed by atoms with van der Waals surface area (Å²) in [5, 5.41) is 3.34. The lowest BCUT2D eigenvalue weighted by molar-refractivity contribution is -0.116. The fourth-order valence-corrected chi connectivity index (χ4v) is 3.32. The van der Waals surface area contributed by atoms with Crippen molar-refractivity contribution in [1.29, 1.82) is 0 Å². The van der Waals surface area contributed by atoms with E-state index in [-0.39, 0.29) is 13.1 Å². The SMILES string of the molecule is CS(=O)(=O)N(CCc1ccccc1)CC(=O)Nc1cc(Cl)ccc1Cl. The Bertz CT molecular complexity index is 842. The minimum atomic E-state index is -3.53. The number of nitrogens with zero attached hydrogens (tertiary/aromatic N) is 1. The van der Waals surface area contributed by atoms with E-state index in [0.29, 0.717) is 22.2 Å². The molecule has 0 fully saturated rings. The summed E-state index contributed by atoms with van der Waals surface area (Å²) >= 11 is 11.9. The molecule has 8 heteroatoms. The Labute approximate surface area is 157 Å². The number of hydrogen-bond acceptors (Lipinski definition) is 3. The number of rotatable bonds is 7. The lowest BCUT2D eigenvalue weighted by Gasteiger charge is -2.19. The number of anilines is 1. The second-order valence-corrected chi connectivity index (χ2v) is 8.33. The molecule has 134 valence electrons. The highest BCUT2D eigenvalue weighted by Gasteiger charge is 2.20. The summed E-state index contributed by atoms with van der Waals surface area (Å²) in [5.41, 5.74) is 1.34. The predicted octanol–water partition coefficient (Wildman–Crippen LogP) is 3.44. The third-order valence-electron chi connectivity index (χ3n) is 3.48. The van der Waals surface area contributed by atoms with Gasteiger partial charge in [0.1, 0.15) is 0 Å². The summed E-state index contributed by atoms with van der Waals surface area (Å²) in [5.74, 6) is -0.484. The molecule has 25 heavy (non-hydrogen) atoms. The van der Waals surface area contributed by atoms with Crippen LogP contribution in [0, 0.1) is 0 Å². The van der Waals surface area contributed by atoms with Crippen molar-refractivity contribution < 1.29 is 13.2 Å². The van der Waals surface area contributed by atoms with Crippen molar-refractivity contribution in [2.45, 2.75) is 6.42 Å². The Morgan fingerprint density at radius 1 is 1.12 bits per heavy atom. The predicted molar refractivity (Wildman–Crippen MR) is 102 cm³/mol. The number of carbonyl (C=O) groups is 1. The molecule has 0 heterocycles. The van der Waals surface area contributed by atoms with Crippen molar-refractivity contribution >= 4 is 44.8 Å². The summed E-state index contributed by atoms with van der Waals surface area (Å²) in [6, 6.07) is 14.1. The highest BCUT2D eigenvalue weighted by atomic mass is 35.5.